The summed E-state index contributed by atoms with van der Waals surface area (Å²) in [4.78, 5) is 14.2. The molecule has 0 aliphatic carbocycles. The zero-order valence-corrected chi connectivity index (χ0v) is 9.06. The molecule has 2 aromatic rings. The highest BCUT2D eigenvalue weighted by Gasteiger charge is 2.11. The van der Waals surface area contributed by atoms with E-state index in [1.807, 2.05) is 0 Å². The minimum Gasteiger partial charge on any atom is -0.481 e. The molecule has 1 aromatic heterocycles. The lowest BCUT2D eigenvalue weighted by Crippen LogP contribution is -1.97. The summed E-state index contributed by atoms with van der Waals surface area (Å²) >= 11 is 0. The Bertz CT molecular complexity index is 563. The van der Waals surface area contributed by atoms with Gasteiger partial charge in [0, 0.05) is 18.1 Å². The SMILES string of the molecule is O=C(O)CCc1nc(-c2cc(F)cc(F)c2)no1. The number of carboxylic acids is 1. The van der Waals surface area contributed by atoms with Crippen LogP contribution in [0.1, 0.15) is 12.3 Å². The Kier molecular flexibility index (Phi) is 3.31. The maximum Gasteiger partial charge on any atom is 0.303 e. The largest absolute Gasteiger partial charge is 0.481 e. The van der Waals surface area contributed by atoms with E-state index in [1.165, 1.54) is 0 Å². The van der Waals surface area contributed by atoms with Gasteiger partial charge in [0.2, 0.25) is 11.7 Å². The number of aromatic nitrogens is 2. The molecule has 1 N–H and O–H groups in total. The molecule has 0 bridgehead atoms. The molecule has 1 heterocycles. The van der Waals surface area contributed by atoms with Crippen LogP contribution in [0.5, 0.6) is 0 Å². The zero-order valence-electron chi connectivity index (χ0n) is 9.06. The van der Waals surface area contributed by atoms with E-state index in [4.69, 9.17) is 9.63 Å². The molecule has 18 heavy (non-hydrogen) atoms. The quantitative estimate of drug-likeness (QED) is 0.903. The van der Waals surface area contributed by atoms with Crippen LogP contribution in [0.2, 0.25) is 0 Å². The van der Waals surface area contributed by atoms with Gasteiger partial charge in [-0.15, -0.1) is 0 Å². The molecule has 7 heteroatoms. The van der Waals surface area contributed by atoms with Crippen LogP contribution in [0.3, 0.4) is 0 Å². The molecule has 0 saturated heterocycles. The second kappa shape index (κ2) is 4.91. The number of carbonyl (C=O) groups is 1. The summed E-state index contributed by atoms with van der Waals surface area (Å²) in [7, 11) is 0. The van der Waals surface area contributed by atoms with Gasteiger partial charge in [0.15, 0.2) is 0 Å². The maximum atomic E-state index is 13.0. The van der Waals surface area contributed by atoms with Gasteiger partial charge in [-0.1, -0.05) is 5.16 Å². The monoisotopic (exact) mass is 254 g/mol. The predicted molar refractivity (Wildman–Crippen MR) is 55.6 cm³/mol. The van der Waals surface area contributed by atoms with Crippen LogP contribution >= 0.6 is 0 Å². The molecule has 94 valence electrons. The molecule has 0 aliphatic heterocycles. The Morgan fingerprint density at radius 2 is 1.94 bits per heavy atom. The normalized spacial score (nSPS) is 10.6. The zero-order chi connectivity index (χ0) is 13.1. The van der Waals surface area contributed by atoms with Crippen molar-refractivity contribution in [3.8, 4) is 11.4 Å². The Labute approximate surface area is 100 Å². The molecule has 1 aromatic carbocycles. The van der Waals surface area contributed by atoms with Gasteiger partial charge in [-0.05, 0) is 12.1 Å². The van der Waals surface area contributed by atoms with Crippen LogP contribution in [-0.4, -0.2) is 21.2 Å². The van der Waals surface area contributed by atoms with E-state index in [9.17, 15) is 13.6 Å². The van der Waals surface area contributed by atoms with E-state index < -0.39 is 17.6 Å². The summed E-state index contributed by atoms with van der Waals surface area (Å²) in [5.41, 5.74) is 0.137. The van der Waals surface area contributed by atoms with Gasteiger partial charge < -0.3 is 9.63 Å². The number of aliphatic carboxylic acids is 1. The van der Waals surface area contributed by atoms with Crippen molar-refractivity contribution in [2.45, 2.75) is 12.8 Å². The van der Waals surface area contributed by atoms with Gasteiger partial charge in [-0.2, -0.15) is 4.98 Å². The van der Waals surface area contributed by atoms with Gasteiger partial charge in [0.25, 0.3) is 0 Å². The molecule has 0 fully saturated rings. The first-order chi connectivity index (χ1) is 8.54. The number of aryl methyl sites for hydroxylation is 1. The predicted octanol–water partition coefficient (Wildman–Crippen LogP) is 2.03. The molecule has 0 atom stereocenters. The molecular weight excluding hydrogens is 246 g/mol. The topological polar surface area (TPSA) is 76.2 Å². The molecule has 0 saturated carbocycles. The number of carboxylic acid groups (broad SMARTS) is 1. The molecule has 0 amide bonds. The smallest absolute Gasteiger partial charge is 0.303 e. The lowest BCUT2D eigenvalue weighted by molar-refractivity contribution is -0.137. The van der Waals surface area contributed by atoms with Crippen molar-refractivity contribution in [3.63, 3.8) is 0 Å². The number of hydrogen-bond donors (Lipinski definition) is 1. The Morgan fingerprint density at radius 1 is 1.28 bits per heavy atom. The van der Waals surface area contributed by atoms with Gasteiger partial charge in [-0.3, -0.25) is 4.79 Å². The van der Waals surface area contributed by atoms with E-state index in [1.54, 1.807) is 0 Å². The van der Waals surface area contributed by atoms with E-state index in [0.29, 0.717) is 0 Å². The van der Waals surface area contributed by atoms with Crippen molar-refractivity contribution < 1.29 is 23.2 Å². The molecule has 0 spiro atoms. The van der Waals surface area contributed by atoms with Crippen LogP contribution in [0.15, 0.2) is 22.7 Å². The molecule has 5 nitrogen and oxygen atoms in total. The fraction of sp³-hybridized carbons (Fsp3) is 0.182. The lowest BCUT2D eigenvalue weighted by atomic mass is 10.2. The minimum absolute atomic E-state index is 0.0220. The molecule has 0 radical (unpaired) electrons. The first kappa shape index (κ1) is 12.2. The van der Waals surface area contributed by atoms with Crippen LogP contribution < -0.4 is 0 Å². The fourth-order valence-electron chi connectivity index (χ4n) is 1.37. The number of hydrogen-bond acceptors (Lipinski definition) is 4. The van der Waals surface area contributed by atoms with Gasteiger partial charge in [0.1, 0.15) is 11.6 Å². The maximum absolute atomic E-state index is 13.0. The standard InChI is InChI=1S/C11H8F2N2O3/c12-7-3-6(4-8(13)5-7)11-14-9(18-15-11)1-2-10(16)17/h3-5H,1-2H2,(H,16,17). The van der Waals surface area contributed by atoms with Crippen LogP contribution in [0, 0.1) is 11.6 Å². The summed E-state index contributed by atoms with van der Waals surface area (Å²) in [6, 6.07) is 2.86. The molecule has 0 aliphatic rings. The second-order valence-corrected chi connectivity index (χ2v) is 3.56. The van der Waals surface area contributed by atoms with Crippen LogP contribution in [0.25, 0.3) is 11.4 Å². The summed E-state index contributed by atoms with van der Waals surface area (Å²) < 4.78 is 30.7. The van der Waals surface area contributed by atoms with Crippen molar-refractivity contribution in [3.05, 3.63) is 35.7 Å². The Morgan fingerprint density at radius 3 is 2.56 bits per heavy atom. The number of halogens is 2. The van der Waals surface area contributed by atoms with Crippen molar-refractivity contribution in [2.75, 3.05) is 0 Å². The highest BCUT2D eigenvalue weighted by atomic mass is 19.1. The summed E-state index contributed by atoms with van der Waals surface area (Å²) in [6.07, 6.45) is -0.0841. The summed E-state index contributed by atoms with van der Waals surface area (Å²) in [5.74, 6) is -2.36. The number of rotatable bonds is 4. The summed E-state index contributed by atoms with van der Waals surface area (Å²) in [6.45, 7) is 0. The number of nitrogens with zero attached hydrogens (tertiary/aromatic N) is 2. The first-order valence-electron chi connectivity index (χ1n) is 5.05. The molecular formula is C11H8F2N2O3. The lowest BCUT2D eigenvalue weighted by Gasteiger charge is -1.95. The van der Waals surface area contributed by atoms with Crippen LogP contribution in [0.4, 0.5) is 8.78 Å². The van der Waals surface area contributed by atoms with Crippen molar-refractivity contribution >= 4 is 5.97 Å². The Hall–Kier alpha value is -2.31. The van der Waals surface area contributed by atoms with E-state index >= 15 is 0 Å². The van der Waals surface area contributed by atoms with Crippen molar-refractivity contribution in [1.29, 1.82) is 0 Å². The third kappa shape index (κ3) is 2.88. The first-order valence-corrected chi connectivity index (χ1v) is 5.05. The number of benzene rings is 1. The van der Waals surface area contributed by atoms with E-state index in [2.05, 4.69) is 10.1 Å². The Balaban J connectivity index is 2.21. The van der Waals surface area contributed by atoms with Crippen molar-refractivity contribution in [1.82, 2.24) is 10.1 Å². The second-order valence-electron chi connectivity index (χ2n) is 3.56. The summed E-state index contributed by atoms with van der Waals surface area (Å²) in [5, 5.41) is 12.0. The van der Waals surface area contributed by atoms with E-state index in [-0.39, 0.29) is 30.1 Å². The van der Waals surface area contributed by atoms with Gasteiger partial charge in [-0.25, -0.2) is 8.78 Å². The molecule has 0 unspecified atom stereocenters. The highest BCUT2D eigenvalue weighted by Crippen LogP contribution is 2.19. The minimum atomic E-state index is -0.994. The van der Waals surface area contributed by atoms with Gasteiger partial charge >= 0.3 is 5.97 Å². The third-order valence-corrected chi connectivity index (χ3v) is 2.14. The molecule has 2 rings (SSSR count). The third-order valence-electron chi connectivity index (χ3n) is 2.14. The van der Waals surface area contributed by atoms with E-state index in [0.717, 1.165) is 18.2 Å². The average molecular weight is 254 g/mol. The van der Waals surface area contributed by atoms with Crippen molar-refractivity contribution in [2.24, 2.45) is 0 Å². The fourth-order valence-corrected chi connectivity index (χ4v) is 1.37. The average Bonchev–Trinajstić information content (AvgIpc) is 2.73. The van der Waals surface area contributed by atoms with Gasteiger partial charge in [0.05, 0.1) is 6.42 Å². The van der Waals surface area contributed by atoms with Crippen LogP contribution in [-0.2, 0) is 11.2 Å². The highest BCUT2D eigenvalue weighted by molar-refractivity contribution is 5.66.